The molecule has 3 N–H and O–H groups in total. The van der Waals surface area contributed by atoms with E-state index in [1.807, 2.05) is 42.5 Å². The minimum absolute atomic E-state index is 0.113. The van der Waals surface area contributed by atoms with Gasteiger partial charge >= 0.3 is 6.03 Å². The SMILES string of the molecule is CC(=O)Nc1ccc(C#CCNC(=O)NCc2cccc3ccccc23)cc1. The molecule has 3 aromatic rings. The Morgan fingerprint density at radius 2 is 1.64 bits per heavy atom. The molecule has 0 atom stereocenters. The van der Waals surface area contributed by atoms with Crippen molar-refractivity contribution in [3.63, 3.8) is 0 Å². The number of nitrogens with one attached hydrogen (secondary N) is 3. The van der Waals surface area contributed by atoms with Gasteiger partial charge in [-0.25, -0.2) is 4.79 Å². The predicted octanol–water partition coefficient (Wildman–Crippen LogP) is 3.65. The number of carbonyl (C=O) groups is 2. The van der Waals surface area contributed by atoms with Crippen molar-refractivity contribution in [3.05, 3.63) is 77.9 Å². The number of amides is 3. The van der Waals surface area contributed by atoms with Crippen LogP contribution in [0.5, 0.6) is 0 Å². The van der Waals surface area contributed by atoms with Crippen molar-refractivity contribution in [2.45, 2.75) is 13.5 Å². The number of hydrogen-bond acceptors (Lipinski definition) is 2. The summed E-state index contributed by atoms with van der Waals surface area (Å²) < 4.78 is 0. The van der Waals surface area contributed by atoms with Crippen LogP contribution in [0.4, 0.5) is 10.5 Å². The fourth-order valence-corrected chi connectivity index (χ4v) is 2.80. The van der Waals surface area contributed by atoms with Crippen molar-refractivity contribution in [3.8, 4) is 11.8 Å². The fraction of sp³-hybridized carbons (Fsp3) is 0.130. The largest absolute Gasteiger partial charge is 0.334 e. The van der Waals surface area contributed by atoms with E-state index in [1.54, 1.807) is 12.1 Å². The van der Waals surface area contributed by atoms with Crippen LogP contribution in [-0.4, -0.2) is 18.5 Å². The molecule has 0 aliphatic heterocycles. The Kier molecular flexibility index (Phi) is 6.27. The van der Waals surface area contributed by atoms with Gasteiger partial charge in [-0.15, -0.1) is 0 Å². The number of fused-ring (bicyclic) bond motifs is 1. The summed E-state index contributed by atoms with van der Waals surface area (Å²) in [5.41, 5.74) is 2.61. The Bertz CT molecular complexity index is 1040. The van der Waals surface area contributed by atoms with Crippen molar-refractivity contribution in [2.75, 3.05) is 11.9 Å². The Balaban J connectivity index is 1.47. The van der Waals surface area contributed by atoms with Gasteiger partial charge in [-0.1, -0.05) is 54.3 Å². The van der Waals surface area contributed by atoms with Crippen LogP contribution in [-0.2, 0) is 11.3 Å². The lowest BCUT2D eigenvalue weighted by molar-refractivity contribution is -0.114. The van der Waals surface area contributed by atoms with Crippen LogP contribution in [0.25, 0.3) is 10.8 Å². The highest BCUT2D eigenvalue weighted by Gasteiger charge is 2.02. The molecule has 140 valence electrons. The van der Waals surface area contributed by atoms with Crippen LogP contribution in [0.1, 0.15) is 18.1 Å². The Hall–Kier alpha value is -3.78. The molecule has 0 unspecified atom stereocenters. The number of urea groups is 1. The normalized spacial score (nSPS) is 9.89. The molecule has 0 bridgehead atoms. The number of anilines is 1. The zero-order chi connectivity index (χ0) is 19.8. The molecule has 0 aliphatic rings. The van der Waals surface area contributed by atoms with Crippen LogP contribution >= 0.6 is 0 Å². The van der Waals surface area contributed by atoms with E-state index in [2.05, 4.69) is 39.9 Å². The highest BCUT2D eigenvalue weighted by molar-refractivity contribution is 5.88. The van der Waals surface area contributed by atoms with Crippen LogP contribution in [0, 0.1) is 11.8 Å². The van der Waals surface area contributed by atoms with Crippen LogP contribution in [0.15, 0.2) is 66.7 Å². The van der Waals surface area contributed by atoms with E-state index in [4.69, 9.17) is 0 Å². The maximum absolute atomic E-state index is 12.0. The van der Waals surface area contributed by atoms with Crippen molar-refractivity contribution in [1.82, 2.24) is 10.6 Å². The molecule has 0 aliphatic carbocycles. The van der Waals surface area contributed by atoms with E-state index in [-0.39, 0.29) is 18.5 Å². The van der Waals surface area contributed by atoms with Gasteiger partial charge < -0.3 is 16.0 Å². The summed E-state index contributed by atoms with van der Waals surface area (Å²) in [5.74, 6) is 5.77. The fourth-order valence-electron chi connectivity index (χ4n) is 2.80. The van der Waals surface area contributed by atoms with Crippen LogP contribution < -0.4 is 16.0 Å². The smallest absolute Gasteiger partial charge is 0.315 e. The minimum atomic E-state index is -0.261. The molecule has 28 heavy (non-hydrogen) atoms. The van der Waals surface area contributed by atoms with E-state index < -0.39 is 0 Å². The molecular weight excluding hydrogens is 350 g/mol. The first kappa shape index (κ1) is 19.0. The van der Waals surface area contributed by atoms with Gasteiger partial charge in [0.25, 0.3) is 0 Å². The summed E-state index contributed by atoms with van der Waals surface area (Å²) in [7, 11) is 0. The van der Waals surface area contributed by atoms with Gasteiger partial charge in [-0.05, 0) is 40.6 Å². The molecule has 0 saturated heterocycles. The van der Waals surface area contributed by atoms with E-state index >= 15 is 0 Å². The van der Waals surface area contributed by atoms with Gasteiger partial charge in [-0.3, -0.25) is 4.79 Å². The Labute approximate surface area is 164 Å². The van der Waals surface area contributed by atoms with Gasteiger partial charge in [0, 0.05) is 24.7 Å². The summed E-state index contributed by atoms with van der Waals surface area (Å²) in [6, 6.07) is 21.1. The molecule has 3 amide bonds. The van der Waals surface area contributed by atoms with E-state index in [9.17, 15) is 9.59 Å². The first-order valence-electron chi connectivity index (χ1n) is 8.97. The third kappa shape index (κ3) is 5.36. The topological polar surface area (TPSA) is 70.2 Å². The summed E-state index contributed by atoms with van der Waals surface area (Å²) in [5, 5.41) is 10.6. The lowest BCUT2D eigenvalue weighted by Gasteiger charge is -2.08. The first-order valence-corrected chi connectivity index (χ1v) is 8.97. The predicted molar refractivity (Wildman–Crippen MR) is 112 cm³/mol. The number of benzene rings is 3. The summed E-state index contributed by atoms with van der Waals surface area (Å²) in [4.78, 5) is 23.0. The second-order valence-electron chi connectivity index (χ2n) is 6.23. The Morgan fingerprint density at radius 1 is 0.893 bits per heavy atom. The maximum Gasteiger partial charge on any atom is 0.315 e. The van der Waals surface area contributed by atoms with Gasteiger partial charge in [0.05, 0.1) is 6.54 Å². The number of carbonyl (C=O) groups excluding carboxylic acids is 2. The summed E-state index contributed by atoms with van der Waals surface area (Å²) >= 11 is 0. The lowest BCUT2D eigenvalue weighted by atomic mass is 10.0. The molecule has 3 rings (SSSR count). The third-order valence-corrected chi connectivity index (χ3v) is 4.09. The van der Waals surface area contributed by atoms with Crippen molar-refractivity contribution < 1.29 is 9.59 Å². The first-order chi connectivity index (χ1) is 13.6. The second kappa shape index (κ2) is 9.24. The van der Waals surface area contributed by atoms with Gasteiger partial charge in [0.1, 0.15) is 0 Å². The zero-order valence-electron chi connectivity index (χ0n) is 15.6. The summed E-state index contributed by atoms with van der Waals surface area (Å²) in [6.07, 6.45) is 0. The molecule has 0 radical (unpaired) electrons. The minimum Gasteiger partial charge on any atom is -0.334 e. The number of hydrogen-bond donors (Lipinski definition) is 3. The zero-order valence-corrected chi connectivity index (χ0v) is 15.6. The molecule has 0 aromatic heterocycles. The maximum atomic E-state index is 12.0. The van der Waals surface area contributed by atoms with Crippen LogP contribution in [0.2, 0.25) is 0 Å². The van der Waals surface area contributed by atoms with Crippen molar-refractivity contribution in [2.24, 2.45) is 0 Å². The summed E-state index contributed by atoms with van der Waals surface area (Å²) in [6.45, 7) is 2.16. The molecule has 0 spiro atoms. The standard InChI is InChI=1S/C23H21N3O2/c1-17(27)26-21-13-11-18(12-14-21)6-5-15-24-23(28)25-16-20-9-4-8-19-7-2-3-10-22(19)20/h2-4,7-14H,15-16H2,1H3,(H,26,27)(H2,24,25,28). The number of rotatable bonds is 4. The quantitative estimate of drug-likeness (QED) is 0.613. The highest BCUT2D eigenvalue weighted by atomic mass is 16.2. The third-order valence-electron chi connectivity index (χ3n) is 4.09. The molecule has 0 saturated carbocycles. The molecule has 0 fully saturated rings. The molecule has 3 aromatic carbocycles. The van der Waals surface area contributed by atoms with Crippen molar-refractivity contribution in [1.29, 1.82) is 0 Å². The molecule has 0 heterocycles. The highest BCUT2D eigenvalue weighted by Crippen LogP contribution is 2.18. The van der Waals surface area contributed by atoms with Gasteiger partial charge in [0.15, 0.2) is 0 Å². The van der Waals surface area contributed by atoms with E-state index in [0.717, 1.165) is 27.6 Å². The van der Waals surface area contributed by atoms with Crippen LogP contribution in [0.3, 0.4) is 0 Å². The van der Waals surface area contributed by atoms with Crippen molar-refractivity contribution >= 4 is 28.4 Å². The van der Waals surface area contributed by atoms with E-state index in [1.165, 1.54) is 6.92 Å². The van der Waals surface area contributed by atoms with Gasteiger partial charge in [0.2, 0.25) is 5.91 Å². The monoisotopic (exact) mass is 371 g/mol. The second-order valence-corrected chi connectivity index (χ2v) is 6.23. The lowest BCUT2D eigenvalue weighted by Crippen LogP contribution is -2.35. The molecule has 5 heteroatoms. The average molecular weight is 371 g/mol. The van der Waals surface area contributed by atoms with Gasteiger partial charge in [-0.2, -0.15) is 0 Å². The Morgan fingerprint density at radius 3 is 2.43 bits per heavy atom. The molecule has 5 nitrogen and oxygen atoms in total. The van der Waals surface area contributed by atoms with E-state index in [0.29, 0.717) is 6.54 Å². The average Bonchev–Trinajstić information content (AvgIpc) is 2.70. The molecular formula is C23H21N3O2.